The van der Waals surface area contributed by atoms with Crippen LogP contribution in [-0.4, -0.2) is 29.1 Å². The molecule has 1 heterocycles. The SMILES string of the molecule is CC1(O)NC=C(C(F)(F)F)C=C1NC(=O)C(F)(F)F. The van der Waals surface area contributed by atoms with Crippen LogP contribution in [0.15, 0.2) is 23.5 Å². The van der Waals surface area contributed by atoms with E-state index in [9.17, 15) is 36.2 Å². The molecule has 1 aliphatic heterocycles. The summed E-state index contributed by atoms with van der Waals surface area (Å²) in [6.45, 7) is 0.888. The highest BCUT2D eigenvalue weighted by Crippen LogP contribution is 2.31. The molecule has 3 N–H and O–H groups in total. The molecule has 1 atom stereocenters. The molecule has 108 valence electrons. The van der Waals surface area contributed by atoms with Gasteiger partial charge in [-0.3, -0.25) is 4.79 Å². The number of hydrogen-bond donors (Lipinski definition) is 3. The maximum absolute atomic E-state index is 12.4. The Kier molecular flexibility index (Phi) is 3.59. The summed E-state index contributed by atoms with van der Waals surface area (Å²) in [7, 11) is 0. The number of nitrogens with one attached hydrogen (secondary N) is 2. The first-order valence-corrected chi connectivity index (χ1v) is 4.72. The van der Waals surface area contributed by atoms with Gasteiger partial charge in [0, 0.05) is 6.20 Å². The van der Waals surface area contributed by atoms with Crippen molar-refractivity contribution in [3.8, 4) is 0 Å². The maximum Gasteiger partial charge on any atom is 0.471 e. The number of carbonyl (C=O) groups is 1. The summed E-state index contributed by atoms with van der Waals surface area (Å²) in [4.78, 5) is 10.7. The Balaban J connectivity index is 3.04. The van der Waals surface area contributed by atoms with Crippen molar-refractivity contribution in [1.82, 2.24) is 10.6 Å². The van der Waals surface area contributed by atoms with Gasteiger partial charge in [0.05, 0.1) is 11.3 Å². The molecule has 1 aliphatic rings. The highest BCUT2D eigenvalue weighted by Gasteiger charge is 2.43. The fourth-order valence-corrected chi connectivity index (χ4v) is 1.15. The largest absolute Gasteiger partial charge is 0.471 e. The molecule has 0 aromatic heterocycles. The Morgan fingerprint density at radius 1 is 1.32 bits per heavy atom. The average molecular weight is 290 g/mol. The fourth-order valence-electron chi connectivity index (χ4n) is 1.15. The van der Waals surface area contributed by atoms with Gasteiger partial charge >= 0.3 is 18.3 Å². The van der Waals surface area contributed by atoms with Gasteiger partial charge in [-0.25, -0.2) is 0 Å². The Labute approximate surface area is 102 Å². The Bertz CT molecular complexity index is 447. The van der Waals surface area contributed by atoms with Gasteiger partial charge in [0.25, 0.3) is 0 Å². The number of aliphatic hydroxyl groups is 1. The van der Waals surface area contributed by atoms with E-state index in [1.165, 1.54) is 5.32 Å². The molecule has 19 heavy (non-hydrogen) atoms. The summed E-state index contributed by atoms with van der Waals surface area (Å²) in [5, 5.41) is 12.6. The van der Waals surface area contributed by atoms with Crippen molar-refractivity contribution in [1.29, 1.82) is 0 Å². The first-order chi connectivity index (χ1) is 8.34. The van der Waals surface area contributed by atoms with Gasteiger partial charge in [-0.15, -0.1) is 0 Å². The number of alkyl halides is 6. The summed E-state index contributed by atoms with van der Waals surface area (Å²) in [5.41, 5.74) is -4.54. The van der Waals surface area contributed by atoms with E-state index >= 15 is 0 Å². The molecule has 0 spiro atoms. The first kappa shape index (κ1) is 15.3. The number of hydrogen-bond acceptors (Lipinski definition) is 3. The van der Waals surface area contributed by atoms with Crippen LogP contribution in [0.2, 0.25) is 0 Å². The highest BCUT2D eigenvalue weighted by molar-refractivity contribution is 5.83. The lowest BCUT2D eigenvalue weighted by Crippen LogP contribution is -2.51. The molecule has 0 saturated heterocycles. The summed E-state index contributed by atoms with van der Waals surface area (Å²) in [6, 6.07) is 0. The number of carbonyl (C=O) groups excluding carboxylic acids is 1. The minimum absolute atomic E-state index is 0.222. The number of allylic oxidation sites excluding steroid dienone is 2. The molecule has 0 aromatic carbocycles. The van der Waals surface area contributed by atoms with Gasteiger partial charge in [0.2, 0.25) is 0 Å². The van der Waals surface area contributed by atoms with E-state index in [2.05, 4.69) is 0 Å². The highest BCUT2D eigenvalue weighted by atomic mass is 19.4. The lowest BCUT2D eigenvalue weighted by atomic mass is 10.0. The van der Waals surface area contributed by atoms with Crippen molar-refractivity contribution >= 4 is 5.91 Å². The van der Waals surface area contributed by atoms with Crippen molar-refractivity contribution in [3.63, 3.8) is 0 Å². The fraction of sp³-hybridized carbons (Fsp3) is 0.444. The van der Waals surface area contributed by atoms with Crippen LogP contribution in [-0.2, 0) is 4.79 Å². The minimum atomic E-state index is -5.28. The predicted molar refractivity (Wildman–Crippen MR) is 50.2 cm³/mol. The lowest BCUT2D eigenvalue weighted by Gasteiger charge is -2.31. The smallest absolute Gasteiger partial charge is 0.366 e. The van der Waals surface area contributed by atoms with E-state index < -0.39 is 35.3 Å². The molecule has 0 fully saturated rings. The standard InChI is InChI=1S/C9H8F6N2O2/c1-7(19)5(17-6(18)9(13,14)15)2-4(3-16-7)8(10,11)12/h2-3,16,19H,1H3,(H,17,18). The maximum atomic E-state index is 12.4. The number of halogens is 6. The molecule has 10 heteroatoms. The van der Waals surface area contributed by atoms with E-state index in [0.29, 0.717) is 6.20 Å². The van der Waals surface area contributed by atoms with Crippen molar-refractivity contribution in [3.05, 3.63) is 23.5 Å². The van der Waals surface area contributed by atoms with Crippen molar-refractivity contribution < 1.29 is 36.2 Å². The topological polar surface area (TPSA) is 61.4 Å². The molecule has 0 radical (unpaired) electrons. The molecule has 0 bridgehead atoms. The van der Waals surface area contributed by atoms with E-state index in [1.54, 1.807) is 0 Å². The van der Waals surface area contributed by atoms with Gasteiger partial charge in [-0.2, -0.15) is 26.3 Å². The van der Waals surface area contributed by atoms with Crippen LogP contribution in [0.4, 0.5) is 26.3 Å². The second-order valence-electron chi connectivity index (χ2n) is 3.82. The average Bonchev–Trinajstić information content (AvgIpc) is 2.17. The molecule has 4 nitrogen and oxygen atoms in total. The number of amides is 1. The molecular formula is C9H8F6N2O2. The van der Waals surface area contributed by atoms with Crippen LogP contribution in [0.1, 0.15) is 6.92 Å². The summed E-state index contributed by atoms with van der Waals surface area (Å²) >= 11 is 0. The second-order valence-corrected chi connectivity index (χ2v) is 3.82. The Hall–Kier alpha value is -1.71. The van der Waals surface area contributed by atoms with E-state index in [-0.39, 0.29) is 6.08 Å². The van der Waals surface area contributed by atoms with Crippen LogP contribution >= 0.6 is 0 Å². The zero-order valence-corrected chi connectivity index (χ0v) is 9.28. The molecule has 0 aromatic rings. The van der Waals surface area contributed by atoms with Crippen molar-refractivity contribution in [2.75, 3.05) is 0 Å². The summed E-state index contributed by atoms with van der Waals surface area (Å²) in [6.07, 6.45) is -9.50. The zero-order valence-electron chi connectivity index (χ0n) is 9.28. The van der Waals surface area contributed by atoms with Crippen LogP contribution in [0.3, 0.4) is 0 Å². The molecule has 1 unspecified atom stereocenters. The third kappa shape index (κ3) is 3.63. The van der Waals surface area contributed by atoms with Gasteiger partial charge in [0.1, 0.15) is 0 Å². The van der Waals surface area contributed by atoms with Crippen molar-refractivity contribution in [2.24, 2.45) is 0 Å². The first-order valence-electron chi connectivity index (χ1n) is 4.72. The zero-order chi connectivity index (χ0) is 15.1. The predicted octanol–water partition coefficient (Wildman–Crippen LogP) is 1.31. The van der Waals surface area contributed by atoms with Gasteiger partial charge in [0.15, 0.2) is 5.72 Å². The molecular weight excluding hydrogens is 282 g/mol. The van der Waals surface area contributed by atoms with Crippen molar-refractivity contribution in [2.45, 2.75) is 25.0 Å². The normalized spacial score (nSPS) is 24.2. The van der Waals surface area contributed by atoms with Crippen LogP contribution in [0, 0.1) is 0 Å². The quantitative estimate of drug-likeness (QED) is 0.638. The number of dihydropyridines is 1. The molecule has 1 rings (SSSR count). The van der Waals surface area contributed by atoms with Gasteiger partial charge in [-0.1, -0.05) is 0 Å². The van der Waals surface area contributed by atoms with Crippen LogP contribution < -0.4 is 10.6 Å². The van der Waals surface area contributed by atoms with Crippen LogP contribution in [0.25, 0.3) is 0 Å². The molecule has 1 amide bonds. The van der Waals surface area contributed by atoms with E-state index in [4.69, 9.17) is 0 Å². The third-order valence-corrected chi connectivity index (χ3v) is 2.17. The summed E-state index contributed by atoms with van der Waals surface area (Å²) in [5.74, 6) is -2.48. The number of rotatable bonds is 1. The monoisotopic (exact) mass is 290 g/mol. The van der Waals surface area contributed by atoms with Crippen LogP contribution in [0.5, 0.6) is 0 Å². The van der Waals surface area contributed by atoms with E-state index in [1.807, 2.05) is 5.32 Å². The Morgan fingerprint density at radius 2 is 1.84 bits per heavy atom. The summed E-state index contributed by atoms with van der Waals surface area (Å²) < 4.78 is 73.1. The molecule has 0 aliphatic carbocycles. The van der Waals surface area contributed by atoms with Gasteiger partial charge in [-0.05, 0) is 13.0 Å². The minimum Gasteiger partial charge on any atom is -0.366 e. The third-order valence-electron chi connectivity index (χ3n) is 2.17. The second kappa shape index (κ2) is 4.44. The lowest BCUT2D eigenvalue weighted by molar-refractivity contribution is -0.173. The van der Waals surface area contributed by atoms with E-state index in [0.717, 1.165) is 6.92 Å². The molecule has 0 saturated carbocycles. The van der Waals surface area contributed by atoms with Gasteiger partial charge < -0.3 is 15.7 Å². The Morgan fingerprint density at radius 3 is 2.26 bits per heavy atom.